The van der Waals surface area contributed by atoms with Gasteiger partial charge in [-0.25, -0.2) is 0 Å². The fourth-order valence-electron chi connectivity index (χ4n) is 0.617. The molecule has 7 nitrogen and oxygen atoms in total. The van der Waals surface area contributed by atoms with Crippen LogP contribution in [0.1, 0.15) is 13.3 Å². The molecule has 0 atom stereocenters. The van der Waals surface area contributed by atoms with Gasteiger partial charge in [-0.1, -0.05) is 6.08 Å². The Bertz CT molecular complexity index is 299. The van der Waals surface area contributed by atoms with Crippen molar-refractivity contribution in [3.8, 4) is 0 Å². The Labute approximate surface area is 98.9 Å². The van der Waals surface area contributed by atoms with Crippen molar-refractivity contribution >= 4 is 24.1 Å². The largest absolute Gasteiger partial charge is 0.481 e. The van der Waals surface area contributed by atoms with Crippen LogP contribution in [0.3, 0.4) is 0 Å². The highest BCUT2D eigenvalue weighted by Gasteiger charge is 2.01. The van der Waals surface area contributed by atoms with Crippen molar-refractivity contribution < 1.29 is 24.3 Å². The van der Waals surface area contributed by atoms with Gasteiger partial charge in [0, 0.05) is 7.05 Å². The maximum atomic E-state index is 10.4. The Morgan fingerprint density at radius 1 is 1.29 bits per heavy atom. The van der Waals surface area contributed by atoms with Gasteiger partial charge in [0.2, 0.25) is 12.3 Å². The molecule has 0 aromatic heterocycles. The Balaban J connectivity index is 0. The molecule has 0 saturated heterocycles. The first kappa shape index (κ1) is 17.2. The second kappa shape index (κ2) is 11.9. The first-order valence-corrected chi connectivity index (χ1v) is 4.72. The predicted octanol–water partition coefficient (Wildman–Crippen LogP) is -0.915. The van der Waals surface area contributed by atoms with E-state index in [4.69, 9.17) is 5.11 Å². The first-order valence-electron chi connectivity index (χ1n) is 4.72. The normalized spacial score (nSPS) is 8.82. The van der Waals surface area contributed by atoms with Crippen molar-refractivity contribution in [2.75, 3.05) is 13.6 Å². The molecular formula is C10H16N2O5. The zero-order valence-electron chi connectivity index (χ0n) is 9.73. The van der Waals surface area contributed by atoms with Gasteiger partial charge in [0.15, 0.2) is 5.78 Å². The molecule has 0 rings (SSSR count). The van der Waals surface area contributed by atoms with Crippen LogP contribution in [-0.2, 0) is 19.2 Å². The average molecular weight is 244 g/mol. The number of carboxylic acid groups (broad SMARTS) is 1. The SMILES string of the molecule is C/C=C/C(=O)CC(=O)O.CNC(=O)CNC=O. The van der Waals surface area contributed by atoms with Crippen molar-refractivity contribution in [3.05, 3.63) is 12.2 Å². The minimum absolute atomic E-state index is 0.0556. The number of allylic oxidation sites excluding steroid dienone is 2. The van der Waals surface area contributed by atoms with Gasteiger partial charge in [0.1, 0.15) is 6.42 Å². The number of likely N-dealkylation sites (N-methyl/N-ethyl adjacent to an activating group) is 1. The van der Waals surface area contributed by atoms with Crippen LogP contribution in [0.15, 0.2) is 12.2 Å². The van der Waals surface area contributed by atoms with Crippen LogP contribution >= 0.6 is 0 Å². The highest BCUT2D eigenvalue weighted by molar-refractivity contribution is 6.01. The summed E-state index contributed by atoms with van der Waals surface area (Å²) in [7, 11) is 1.51. The second-order valence-corrected chi connectivity index (χ2v) is 2.71. The summed E-state index contributed by atoms with van der Waals surface area (Å²) < 4.78 is 0. The Morgan fingerprint density at radius 2 is 1.88 bits per heavy atom. The minimum Gasteiger partial charge on any atom is -0.481 e. The quantitative estimate of drug-likeness (QED) is 0.318. The number of hydrogen-bond donors (Lipinski definition) is 3. The number of carbonyl (C=O) groups is 4. The van der Waals surface area contributed by atoms with E-state index >= 15 is 0 Å². The second-order valence-electron chi connectivity index (χ2n) is 2.71. The minimum atomic E-state index is -1.09. The molecule has 0 aliphatic rings. The predicted molar refractivity (Wildman–Crippen MR) is 60.2 cm³/mol. The molecule has 0 spiro atoms. The highest BCUT2D eigenvalue weighted by atomic mass is 16.4. The summed E-state index contributed by atoms with van der Waals surface area (Å²) in [5, 5.41) is 12.6. The molecule has 0 aromatic carbocycles. The van der Waals surface area contributed by atoms with Gasteiger partial charge in [-0.05, 0) is 13.0 Å². The Morgan fingerprint density at radius 3 is 2.24 bits per heavy atom. The van der Waals surface area contributed by atoms with Gasteiger partial charge in [-0.15, -0.1) is 0 Å². The van der Waals surface area contributed by atoms with Gasteiger partial charge >= 0.3 is 5.97 Å². The molecule has 3 N–H and O–H groups in total. The van der Waals surface area contributed by atoms with E-state index in [-0.39, 0.29) is 18.2 Å². The summed E-state index contributed by atoms with van der Waals surface area (Å²) in [6.45, 7) is 1.72. The highest BCUT2D eigenvalue weighted by Crippen LogP contribution is 1.84. The van der Waals surface area contributed by atoms with Crippen molar-refractivity contribution in [2.24, 2.45) is 0 Å². The van der Waals surface area contributed by atoms with Gasteiger partial charge in [0.25, 0.3) is 0 Å². The summed E-state index contributed by atoms with van der Waals surface area (Å²) in [5.41, 5.74) is 0. The third-order valence-electron chi connectivity index (χ3n) is 1.30. The van der Waals surface area contributed by atoms with Crippen molar-refractivity contribution in [3.63, 3.8) is 0 Å². The van der Waals surface area contributed by atoms with Crippen LogP contribution in [0.2, 0.25) is 0 Å². The van der Waals surface area contributed by atoms with E-state index in [0.717, 1.165) is 0 Å². The topological polar surface area (TPSA) is 113 Å². The molecule has 96 valence electrons. The molecule has 2 amide bonds. The van der Waals surface area contributed by atoms with E-state index in [1.807, 2.05) is 0 Å². The van der Waals surface area contributed by atoms with E-state index in [1.54, 1.807) is 6.92 Å². The Kier molecular flexibility index (Phi) is 12.0. The van der Waals surface area contributed by atoms with Gasteiger partial charge in [-0.3, -0.25) is 19.2 Å². The lowest BCUT2D eigenvalue weighted by atomic mass is 10.3. The van der Waals surface area contributed by atoms with Crippen molar-refractivity contribution in [2.45, 2.75) is 13.3 Å². The summed E-state index contributed by atoms with van der Waals surface area (Å²) in [4.78, 5) is 40.0. The average Bonchev–Trinajstić information content (AvgIpc) is 2.26. The third kappa shape index (κ3) is 16.5. The molecule has 17 heavy (non-hydrogen) atoms. The van der Waals surface area contributed by atoms with Crippen LogP contribution in [0.5, 0.6) is 0 Å². The lowest BCUT2D eigenvalue weighted by Gasteiger charge is -1.93. The molecule has 0 aliphatic heterocycles. The summed E-state index contributed by atoms with van der Waals surface area (Å²) in [6.07, 6.45) is 2.83. The molecule has 0 aromatic rings. The number of aliphatic carboxylic acids is 1. The summed E-state index contributed by atoms with van der Waals surface area (Å²) >= 11 is 0. The van der Waals surface area contributed by atoms with E-state index < -0.39 is 12.4 Å². The fourth-order valence-corrected chi connectivity index (χ4v) is 0.617. The maximum Gasteiger partial charge on any atom is 0.311 e. The van der Waals surface area contributed by atoms with Gasteiger partial charge in [0.05, 0.1) is 6.54 Å². The molecule has 0 unspecified atom stereocenters. The smallest absolute Gasteiger partial charge is 0.311 e. The van der Waals surface area contributed by atoms with Crippen molar-refractivity contribution in [1.29, 1.82) is 0 Å². The van der Waals surface area contributed by atoms with Crippen LogP contribution in [0, 0.1) is 0 Å². The molecular weight excluding hydrogens is 228 g/mol. The number of hydrogen-bond acceptors (Lipinski definition) is 4. The molecule has 0 aliphatic carbocycles. The molecule has 0 fully saturated rings. The molecule has 7 heteroatoms. The zero-order valence-corrected chi connectivity index (χ0v) is 9.73. The summed E-state index contributed by atoms with van der Waals surface area (Å²) in [6, 6.07) is 0. The summed E-state index contributed by atoms with van der Waals surface area (Å²) in [5.74, 6) is -1.65. The molecule has 0 bridgehead atoms. The van der Waals surface area contributed by atoms with Gasteiger partial charge < -0.3 is 15.7 Å². The maximum absolute atomic E-state index is 10.4. The van der Waals surface area contributed by atoms with Crippen LogP contribution in [-0.4, -0.2) is 42.8 Å². The lowest BCUT2D eigenvalue weighted by Crippen LogP contribution is -2.30. The molecule has 0 saturated carbocycles. The first-order chi connectivity index (χ1) is 7.97. The van der Waals surface area contributed by atoms with E-state index in [0.29, 0.717) is 6.41 Å². The molecule has 0 radical (unpaired) electrons. The number of carboxylic acids is 1. The lowest BCUT2D eigenvalue weighted by molar-refractivity contribution is -0.139. The number of carbonyl (C=O) groups excluding carboxylic acids is 3. The van der Waals surface area contributed by atoms with E-state index in [9.17, 15) is 19.2 Å². The molecule has 0 heterocycles. The standard InChI is InChI=1S/C6H8O3.C4H8N2O2/c1-2-3-5(7)4-6(8)9;1-5-4(8)2-6-3-7/h2-3H,4H2,1H3,(H,8,9);3H,2H2,1H3,(H,5,8)(H,6,7)/b3-2+;. The number of ketones is 1. The Hall–Kier alpha value is -2.18. The fraction of sp³-hybridized carbons (Fsp3) is 0.400. The third-order valence-corrected chi connectivity index (χ3v) is 1.30. The van der Waals surface area contributed by atoms with Crippen molar-refractivity contribution in [1.82, 2.24) is 10.6 Å². The number of nitrogens with one attached hydrogen (secondary N) is 2. The van der Waals surface area contributed by atoms with E-state index in [2.05, 4.69) is 10.6 Å². The van der Waals surface area contributed by atoms with Crippen LogP contribution in [0.4, 0.5) is 0 Å². The van der Waals surface area contributed by atoms with Crippen LogP contribution < -0.4 is 10.6 Å². The zero-order chi connectivity index (χ0) is 13.7. The van der Waals surface area contributed by atoms with Crippen LogP contribution in [0.25, 0.3) is 0 Å². The monoisotopic (exact) mass is 244 g/mol. The number of rotatable bonds is 6. The van der Waals surface area contributed by atoms with Gasteiger partial charge in [-0.2, -0.15) is 0 Å². The number of amides is 2. The van der Waals surface area contributed by atoms with E-state index in [1.165, 1.54) is 19.2 Å².